The van der Waals surface area contributed by atoms with Crippen LogP contribution in [0.1, 0.15) is 10.4 Å². The lowest BCUT2D eigenvalue weighted by atomic mass is 9.91. The number of hydrogen-bond donors (Lipinski definition) is 1. The molecule has 0 bridgehead atoms. The number of aromatic nitrogens is 1. The number of rotatable bonds is 3. The second kappa shape index (κ2) is 5.59. The van der Waals surface area contributed by atoms with E-state index < -0.39 is 5.97 Å². The first-order valence-electron chi connectivity index (χ1n) is 6.59. The van der Waals surface area contributed by atoms with Gasteiger partial charge in [-0.25, -0.2) is 4.79 Å². The first-order chi connectivity index (χ1) is 10.3. The molecule has 0 atom stereocenters. The smallest absolute Gasteiger partial charge is 0.336 e. The van der Waals surface area contributed by atoms with Crippen LogP contribution >= 0.6 is 0 Å². The van der Waals surface area contributed by atoms with Gasteiger partial charge in [-0.3, -0.25) is 4.98 Å². The largest absolute Gasteiger partial charge is 0.478 e. The van der Waals surface area contributed by atoms with Crippen LogP contribution in [-0.4, -0.2) is 16.1 Å². The Balaban J connectivity index is 2.31. The van der Waals surface area contributed by atoms with Crippen molar-refractivity contribution in [1.82, 2.24) is 4.98 Å². The minimum Gasteiger partial charge on any atom is -0.478 e. The molecule has 1 heterocycles. The summed E-state index contributed by atoms with van der Waals surface area (Å²) >= 11 is 0. The molecule has 0 saturated heterocycles. The van der Waals surface area contributed by atoms with Crippen LogP contribution in [0.25, 0.3) is 22.3 Å². The third-order valence-corrected chi connectivity index (χ3v) is 3.33. The van der Waals surface area contributed by atoms with Crippen molar-refractivity contribution in [2.24, 2.45) is 0 Å². The predicted molar refractivity (Wildman–Crippen MR) is 82.1 cm³/mol. The Bertz CT molecular complexity index is 768. The van der Waals surface area contributed by atoms with Gasteiger partial charge in [-0.05, 0) is 23.3 Å². The Labute approximate surface area is 122 Å². The van der Waals surface area contributed by atoms with Gasteiger partial charge in [-0.15, -0.1) is 0 Å². The van der Waals surface area contributed by atoms with Gasteiger partial charge in [0.25, 0.3) is 0 Å². The van der Waals surface area contributed by atoms with E-state index in [0.717, 1.165) is 16.7 Å². The number of carboxylic acid groups (broad SMARTS) is 1. The van der Waals surface area contributed by atoms with Gasteiger partial charge in [0.15, 0.2) is 0 Å². The van der Waals surface area contributed by atoms with Crippen molar-refractivity contribution in [2.75, 3.05) is 0 Å². The van der Waals surface area contributed by atoms with Crippen LogP contribution in [-0.2, 0) is 0 Å². The molecule has 2 aromatic carbocycles. The maximum atomic E-state index is 11.6. The molecular formula is C18H13NO2. The Morgan fingerprint density at radius 3 is 2.29 bits per heavy atom. The number of aromatic carboxylic acids is 1. The minimum absolute atomic E-state index is 0.282. The highest BCUT2D eigenvalue weighted by Crippen LogP contribution is 2.34. The van der Waals surface area contributed by atoms with Crippen LogP contribution < -0.4 is 0 Å². The highest BCUT2D eigenvalue weighted by Gasteiger charge is 2.16. The highest BCUT2D eigenvalue weighted by atomic mass is 16.4. The summed E-state index contributed by atoms with van der Waals surface area (Å²) in [5.41, 5.74) is 3.66. The standard InChI is InChI=1S/C18H13NO2/c20-18(21)16-10-4-9-15(13-6-2-1-3-7-13)17(16)14-8-5-11-19-12-14/h1-12H,(H,20,21). The van der Waals surface area contributed by atoms with Gasteiger partial charge in [0.05, 0.1) is 5.56 Å². The zero-order valence-electron chi connectivity index (χ0n) is 11.2. The number of hydrogen-bond acceptors (Lipinski definition) is 2. The maximum absolute atomic E-state index is 11.6. The molecule has 0 amide bonds. The van der Waals surface area contributed by atoms with Gasteiger partial charge in [0, 0.05) is 23.5 Å². The fourth-order valence-corrected chi connectivity index (χ4v) is 2.41. The summed E-state index contributed by atoms with van der Waals surface area (Å²) in [6.45, 7) is 0. The lowest BCUT2D eigenvalue weighted by Crippen LogP contribution is -2.01. The number of carboxylic acids is 1. The van der Waals surface area contributed by atoms with Crippen molar-refractivity contribution in [1.29, 1.82) is 0 Å². The fourth-order valence-electron chi connectivity index (χ4n) is 2.41. The summed E-state index contributed by atoms with van der Waals surface area (Å²) in [5, 5.41) is 9.48. The Morgan fingerprint density at radius 2 is 1.62 bits per heavy atom. The van der Waals surface area contributed by atoms with E-state index in [9.17, 15) is 9.90 Å². The molecule has 3 nitrogen and oxygen atoms in total. The molecule has 0 aliphatic carbocycles. The SMILES string of the molecule is O=C(O)c1cccc(-c2ccccc2)c1-c1cccnc1. The zero-order chi connectivity index (χ0) is 14.7. The first kappa shape index (κ1) is 13.1. The number of pyridine rings is 1. The van der Waals surface area contributed by atoms with E-state index in [2.05, 4.69) is 4.98 Å². The summed E-state index contributed by atoms with van der Waals surface area (Å²) in [5.74, 6) is -0.938. The Morgan fingerprint density at radius 1 is 0.857 bits per heavy atom. The predicted octanol–water partition coefficient (Wildman–Crippen LogP) is 4.11. The van der Waals surface area contributed by atoms with Gasteiger partial charge in [0.2, 0.25) is 0 Å². The normalized spacial score (nSPS) is 10.3. The molecule has 1 N–H and O–H groups in total. The van der Waals surface area contributed by atoms with E-state index in [1.54, 1.807) is 24.5 Å². The molecule has 3 rings (SSSR count). The van der Waals surface area contributed by atoms with Gasteiger partial charge < -0.3 is 5.11 Å². The molecule has 0 aliphatic heterocycles. The molecule has 102 valence electrons. The summed E-state index contributed by atoms with van der Waals surface area (Å²) in [4.78, 5) is 15.7. The van der Waals surface area contributed by atoms with Crippen molar-refractivity contribution in [3.8, 4) is 22.3 Å². The van der Waals surface area contributed by atoms with Crippen LogP contribution in [0.15, 0.2) is 73.1 Å². The zero-order valence-corrected chi connectivity index (χ0v) is 11.2. The van der Waals surface area contributed by atoms with Crippen LogP contribution in [0.3, 0.4) is 0 Å². The maximum Gasteiger partial charge on any atom is 0.336 e. The van der Waals surface area contributed by atoms with E-state index in [-0.39, 0.29) is 5.56 Å². The quantitative estimate of drug-likeness (QED) is 0.782. The van der Waals surface area contributed by atoms with Gasteiger partial charge in [-0.2, -0.15) is 0 Å². The fraction of sp³-hybridized carbons (Fsp3) is 0. The van der Waals surface area contributed by atoms with Gasteiger partial charge in [0.1, 0.15) is 0 Å². The Kier molecular flexibility index (Phi) is 3.48. The molecule has 3 heteroatoms. The lowest BCUT2D eigenvalue weighted by molar-refractivity contribution is 0.0698. The molecule has 0 spiro atoms. The van der Waals surface area contributed by atoms with Crippen molar-refractivity contribution in [3.63, 3.8) is 0 Å². The van der Waals surface area contributed by atoms with Crippen LogP contribution in [0.4, 0.5) is 0 Å². The molecule has 3 aromatic rings. The highest BCUT2D eigenvalue weighted by molar-refractivity contribution is 6.01. The van der Waals surface area contributed by atoms with Gasteiger partial charge in [-0.1, -0.05) is 48.5 Å². The molecule has 0 aliphatic rings. The van der Waals surface area contributed by atoms with Crippen molar-refractivity contribution in [2.45, 2.75) is 0 Å². The molecular weight excluding hydrogens is 262 g/mol. The summed E-state index contributed by atoms with van der Waals surface area (Å²) in [6.07, 6.45) is 3.36. The molecule has 0 unspecified atom stereocenters. The van der Waals surface area contributed by atoms with E-state index in [0.29, 0.717) is 5.56 Å². The average molecular weight is 275 g/mol. The van der Waals surface area contributed by atoms with Gasteiger partial charge >= 0.3 is 5.97 Å². The first-order valence-corrected chi connectivity index (χ1v) is 6.59. The topological polar surface area (TPSA) is 50.2 Å². The van der Waals surface area contributed by atoms with E-state index in [1.807, 2.05) is 48.5 Å². The number of nitrogens with zero attached hydrogens (tertiary/aromatic N) is 1. The van der Waals surface area contributed by atoms with Crippen LogP contribution in [0.2, 0.25) is 0 Å². The number of benzene rings is 2. The molecule has 0 fully saturated rings. The summed E-state index contributed by atoms with van der Waals surface area (Å²) in [6, 6.07) is 18.8. The van der Waals surface area contributed by atoms with E-state index >= 15 is 0 Å². The Hall–Kier alpha value is -2.94. The van der Waals surface area contributed by atoms with Crippen LogP contribution in [0.5, 0.6) is 0 Å². The summed E-state index contributed by atoms with van der Waals surface area (Å²) in [7, 11) is 0. The van der Waals surface area contributed by atoms with Crippen molar-refractivity contribution in [3.05, 3.63) is 78.6 Å². The third-order valence-electron chi connectivity index (χ3n) is 3.33. The second-order valence-electron chi connectivity index (χ2n) is 4.64. The van der Waals surface area contributed by atoms with Crippen molar-refractivity contribution >= 4 is 5.97 Å². The summed E-state index contributed by atoms with van der Waals surface area (Å²) < 4.78 is 0. The average Bonchev–Trinajstić information content (AvgIpc) is 2.55. The second-order valence-corrected chi connectivity index (χ2v) is 4.64. The van der Waals surface area contributed by atoms with Crippen molar-refractivity contribution < 1.29 is 9.90 Å². The van der Waals surface area contributed by atoms with E-state index in [1.165, 1.54) is 0 Å². The van der Waals surface area contributed by atoms with Crippen LogP contribution in [0, 0.1) is 0 Å². The molecule has 1 aromatic heterocycles. The molecule has 0 radical (unpaired) electrons. The number of carbonyl (C=O) groups is 1. The molecule has 21 heavy (non-hydrogen) atoms. The third kappa shape index (κ3) is 2.54. The lowest BCUT2D eigenvalue weighted by Gasteiger charge is -2.13. The minimum atomic E-state index is -0.938. The monoisotopic (exact) mass is 275 g/mol. The van der Waals surface area contributed by atoms with E-state index in [4.69, 9.17) is 0 Å². The molecule has 0 saturated carbocycles.